The summed E-state index contributed by atoms with van der Waals surface area (Å²) in [5.41, 5.74) is 0. The minimum Gasteiger partial charge on any atom is -0.312 e. The van der Waals surface area contributed by atoms with E-state index in [1.54, 1.807) is 0 Å². The molecule has 0 spiro atoms. The quantitative estimate of drug-likeness (QED) is 0.869. The lowest BCUT2D eigenvalue weighted by Gasteiger charge is -2.16. The van der Waals surface area contributed by atoms with Crippen LogP contribution in [-0.4, -0.2) is 7.05 Å². The molecule has 1 N–H and O–H groups in total. The van der Waals surface area contributed by atoms with Gasteiger partial charge in [-0.1, -0.05) is 13.8 Å². The molecule has 0 fully saturated rings. The lowest BCUT2D eigenvalue weighted by atomic mass is 10.0. The van der Waals surface area contributed by atoms with Gasteiger partial charge in [-0.25, -0.2) is 0 Å². The number of hydrogen-bond donors (Lipinski definition) is 1. The van der Waals surface area contributed by atoms with E-state index < -0.39 is 0 Å². The first-order valence-electron chi connectivity index (χ1n) is 4.56. The van der Waals surface area contributed by atoms with Gasteiger partial charge in [0.25, 0.3) is 0 Å². The van der Waals surface area contributed by atoms with Crippen LogP contribution in [0.4, 0.5) is 0 Å². The maximum absolute atomic E-state index is 3.49. The molecular weight excluding hydrogens is 246 g/mol. The second-order valence-electron chi connectivity index (χ2n) is 3.61. The number of nitrogens with one attached hydrogen (secondary N) is 1. The van der Waals surface area contributed by atoms with Crippen LogP contribution >= 0.6 is 27.3 Å². The molecule has 0 aromatic carbocycles. The van der Waals surface area contributed by atoms with Gasteiger partial charge in [-0.05, 0) is 47.4 Å². The molecule has 0 aliphatic rings. The molecule has 3 heteroatoms. The number of hydrogen-bond acceptors (Lipinski definition) is 2. The molecule has 0 saturated heterocycles. The summed E-state index contributed by atoms with van der Waals surface area (Å²) in [6.45, 7) is 4.51. The summed E-state index contributed by atoms with van der Waals surface area (Å²) in [6, 6.07) is 4.82. The first-order chi connectivity index (χ1) is 6.13. The van der Waals surface area contributed by atoms with E-state index in [0.717, 1.165) is 5.92 Å². The summed E-state index contributed by atoms with van der Waals surface area (Å²) < 4.78 is 1.21. The Morgan fingerprint density at radius 1 is 1.46 bits per heavy atom. The van der Waals surface area contributed by atoms with Gasteiger partial charge < -0.3 is 5.32 Å². The minimum atomic E-state index is 0.510. The molecule has 1 nitrogen and oxygen atoms in total. The van der Waals surface area contributed by atoms with Crippen molar-refractivity contribution in [3.8, 4) is 0 Å². The zero-order valence-corrected chi connectivity index (χ0v) is 10.7. The Morgan fingerprint density at radius 3 is 2.54 bits per heavy atom. The van der Waals surface area contributed by atoms with Crippen molar-refractivity contribution in [1.82, 2.24) is 5.32 Å². The Labute approximate surface area is 92.7 Å². The van der Waals surface area contributed by atoms with Crippen LogP contribution in [0, 0.1) is 5.92 Å². The first kappa shape index (κ1) is 11.2. The lowest BCUT2D eigenvalue weighted by molar-refractivity contribution is 0.462. The number of halogens is 1. The molecule has 1 atom stereocenters. The Kier molecular flexibility index (Phi) is 4.42. The Balaban J connectivity index is 2.66. The van der Waals surface area contributed by atoms with Crippen LogP contribution in [0.25, 0.3) is 0 Å². The Hall–Kier alpha value is 0.140. The van der Waals surface area contributed by atoms with Crippen LogP contribution in [0.3, 0.4) is 0 Å². The highest BCUT2D eigenvalue weighted by atomic mass is 79.9. The summed E-state index contributed by atoms with van der Waals surface area (Å²) in [6.07, 6.45) is 1.20. The van der Waals surface area contributed by atoms with Crippen LogP contribution < -0.4 is 5.32 Å². The van der Waals surface area contributed by atoms with Crippen LogP contribution in [0.2, 0.25) is 0 Å². The summed E-state index contributed by atoms with van der Waals surface area (Å²) in [7, 11) is 2.03. The van der Waals surface area contributed by atoms with Gasteiger partial charge >= 0.3 is 0 Å². The molecule has 0 amide bonds. The van der Waals surface area contributed by atoms with E-state index in [2.05, 4.69) is 47.2 Å². The largest absolute Gasteiger partial charge is 0.312 e. The van der Waals surface area contributed by atoms with Crippen LogP contribution in [0.5, 0.6) is 0 Å². The monoisotopic (exact) mass is 261 g/mol. The van der Waals surface area contributed by atoms with E-state index in [4.69, 9.17) is 0 Å². The molecule has 1 aromatic rings. The molecule has 0 aliphatic heterocycles. The zero-order valence-electron chi connectivity index (χ0n) is 8.30. The standard InChI is InChI=1S/C10H16BrNS/c1-7(2)6-8(12-3)9-4-5-10(11)13-9/h4-5,7-8,12H,6H2,1-3H3. The van der Waals surface area contributed by atoms with Gasteiger partial charge in [-0.3, -0.25) is 0 Å². The smallest absolute Gasteiger partial charge is 0.0701 e. The van der Waals surface area contributed by atoms with E-state index in [9.17, 15) is 0 Å². The van der Waals surface area contributed by atoms with E-state index in [1.165, 1.54) is 15.1 Å². The van der Waals surface area contributed by atoms with Crippen molar-refractivity contribution in [1.29, 1.82) is 0 Å². The molecule has 0 saturated carbocycles. The highest BCUT2D eigenvalue weighted by Gasteiger charge is 2.12. The fraction of sp³-hybridized carbons (Fsp3) is 0.600. The predicted molar refractivity (Wildman–Crippen MR) is 63.3 cm³/mol. The van der Waals surface area contributed by atoms with Crippen LogP contribution in [0.15, 0.2) is 15.9 Å². The SMILES string of the molecule is CNC(CC(C)C)c1ccc(Br)s1. The molecule has 1 heterocycles. The maximum atomic E-state index is 3.49. The first-order valence-corrected chi connectivity index (χ1v) is 6.17. The van der Waals surface area contributed by atoms with Crippen molar-refractivity contribution in [2.75, 3.05) is 7.05 Å². The molecule has 0 radical (unpaired) electrons. The van der Waals surface area contributed by atoms with Crippen molar-refractivity contribution in [2.24, 2.45) is 5.92 Å². The van der Waals surface area contributed by atoms with Gasteiger partial charge in [0, 0.05) is 10.9 Å². The predicted octanol–water partition coefficient (Wildman–Crippen LogP) is 3.82. The van der Waals surface area contributed by atoms with E-state index in [1.807, 2.05) is 18.4 Å². The second kappa shape index (κ2) is 5.13. The van der Waals surface area contributed by atoms with Crippen molar-refractivity contribution in [2.45, 2.75) is 26.3 Å². The van der Waals surface area contributed by atoms with E-state index in [0.29, 0.717) is 6.04 Å². The molecule has 1 aromatic heterocycles. The van der Waals surface area contributed by atoms with Crippen LogP contribution in [0.1, 0.15) is 31.2 Å². The topological polar surface area (TPSA) is 12.0 Å². The number of rotatable bonds is 4. The molecule has 0 aliphatic carbocycles. The average Bonchev–Trinajstić information content (AvgIpc) is 2.47. The fourth-order valence-electron chi connectivity index (χ4n) is 1.36. The molecular formula is C10H16BrNS. The normalized spacial score (nSPS) is 13.6. The molecule has 1 rings (SSSR count). The van der Waals surface area contributed by atoms with Crippen molar-refractivity contribution >= 4 is 27.3 Å². The third-order valence-electron chi connectivity index (χ3n) is 1.99. The Morgan fingerprint density at radius 2 is 2.15 bits per heavy atom. The van der Waals surface area contributed by atoms with Gasteiger partial charge in [0.05, 0.1) is 3.79 Å². The second-order valence-corrected chi connectivity index (χ2v) is 6.11. The summed E-state index contributed by atoms with van der Waals surface area (Å²) in [5, 5.41) is 3.35. The fourth-order valence-corrected chi connectivity index (χ4v) is 2.91. The van der Waals surface area contributed by atoms with Crippen molar-refractivity contribution in [3.05, 3.63) is 20.8 Å². The molecule has 0 bridgehead atoms. The molecule has 74 valence electrons. The van der Waals surface area contributed by atoms with Crippen LogP contribution in [-0.2, 0) is 0 Å². The Bertz CT molecular complexity index is 257. The average molecular weight is 262 g/mol. The van der Waals surface area contributed by atoms with Gasteiger partial charge in [0.2, 0.25) is 0 Å². The van der Waals surface area contributed by atoms with Crippen molar-refractivity contribution in [3.63, 3.8) is 0 Å². The lowest BCUT2D eigenvalue weighted by Crippen LogP contribution is -2.16. The zero-order chi connectivity index (χ0) is 9.84. The number of thiophene rings is 1. The third kappa shape index (κ3) is 3.41. The third-order valence-corrected chi connectivity index (χ3v) is 3.73. The molecule has 13 heavy (non-hydrogen) atoms. The highest BCUT2D eigenvalue weighted by Crippen LogP contribution is 2.30. The van der Waals surface area contributed by atoms with Gasteiger partial charge in [0.15, 0.2) is 0 Å². The summed E-state index contributed by atoms with van der Waals surface area (Å²) in [5.74, 6) is 0.735. The van der Waals surface area contributed by atoms with Gasteiger partial charge in [-0.2, -0.15) is 0 Å². The van der Waals surface area contributed by atoms with E-state index in [-0.39, 0.29) is 0 Å². The van der Waals surface area contributed by atoms with Gasteiger partial charge in [-0.15, -0.1) is 11.3 Å². The minimum absolute atomic E-state index is 0.510. The summed E-state index contributed by atoms with van der Waals surface area (Å²) in [4.78, 5) is 1.42. The van der Waals surface area contributed by atoms with E-state index >= 15 is 0 Å². The maximum Gasteiger partial charge on any atom is 0.0701 e. The van der Waals surface area contributed by atoms with Crippen molar-refractivity contribution < 1.29 is 0 Å². The molecule has 1 unspecified atom stereocenters. The highest BCUT2D eigenvalue weighted by molar-refractivity contribution is 9.11. The van der Waals surface area contributed by atoms with Gasteiger partial charge in [0.1, 0.15) is 0 Å². The summed E-state index contributed by atoms with van der Waals surface area (Å²) >= 11 is 5.30.